The number of aromatic carboxylic acids is 1. The first-order valence-electron chi connectivity index (χ1n) is 6.91. The molecule has 0 fully saturated rings. The maximum absolute atomic E-state index is 12.3. The summed E-state index contributed by atoms with van der Waals surface area (Å²) in [5.41, 5.74) is 0.585. The van der Waals surface area contributed by atoms with Gasteiger partial charge in [0.05, 0.1) is 0 Å². The van der Waals surface area contributed by atoms with E-state index in [0.717, 1.165) is 16.8 Å². The Labute approximate surface area is 131 Å². The van der Waals surface area contributed by atoms with E-state index >= 15 is 0 Å². The summed E-state index contributed by atoms with van der Waals surface area (Å²) in [6.45, 7) is 0. The van der Waals surface area contributed by atoms with Gasteiger partial charge in [-0.1, -0.05) is 36.4 Å². The standard InChI is InChI=1S/C18H13NO4/c20-16-10-12(8-9-14(16)18(22)23)17(21)19-15-7-3-5-11-4-1-2-6-13(11)15/h1-10,20H,(H,19,21)(H,22,23). The number of fused-ring (bicyclic) bond motifs is 1. The van der Waals surface area contributed by atoms with E-state index < -0.39 is 17.6 Å². The van der Waals surface area contributed by atoms with E-state index in [1.165, 1.54) is 12.1 Å². The Bertz CT molecular complexity index is 913. The molecule has 0 aliphatic rings. The highest BCUT2D eigenvalue weighted by Gasteiger charge is 2.14. The lowest BCUT2D eigenvalue weighted by Gasteiger charge is -2.09. The third-order valence-electron chi connectivity index (χ3n) is 3.53. The average molecular weight is 307 g/mol. The predicted octanol–water partition coefficient (Wildman–Crippen LogP) is 3.50. The van der Waals surface area contributed by atoms with Crippen LogP contribution in [0.2, 0.25) is 0 Å². The fourth-order valence-electron chi connectivity index (χ4n) is 2.38. The van der Waals surface area contributed by atoms with Crippen LogP contribution in [0.25, 0.3) is 10.8 Å². The molecule has 3 N–H and O–H groups in total. The van der Waals surface area contributed by atoms with Gasteiger partial charge in [-0.2, -0.15) is 0 Å². The van der Waals surface area contributed by atoms with Crippen molar-refractivity contribution in [1.29, 1.82) is 0 Å². The molecular formula is C18H13NO4. The Balaban J connectivity index is 1.92. The topological polar surface area (TPSA) is 86.6 Å². The molecular weight excluding hydrogens is 294 g/mol. The molecule has 0 bridgehead atoms. The molecule has 1 amide bonds. The van der Waals surface area contributed by atoms with Crippen molar-refractivity contribution < 1.29 is 19.8 Å². The van der Waals surface area contributed by atoms with Gasteiger partial charge in [0.25, 0.3) is 5.91 Å². The Morgan fingerprint density at radius 1 is 0.913 bits per heavy atom. The number of amides is 1. The molecule has 0 radical (unpaired) electrons. The minimum atomic E-state index is -1.25. The Morgan fingerprint density at radius 2 is 1.65 bits per heavy atom. The highest BCUT2D eigenvalue weighted by molar-refractivity contribution is 6.09. The van der Waals surface area contributed by atoms with Crippen molar-refractivity contribution in [2.24, 2.45) is 0 Å². The van der Waals surface area contributed by atoms with Gasteiger partial charge in [-0.15, -0.1) is 0 Å². The van der Waals surface area contributed by atoms with Crippen molar-refractivity contribution in [1.82, 2.24) is 0 Å². The van der Waals surface area contributed by atoms with Crippen LogP contribution in [0, 0.1) is 0 Å². The van der Waals surface area contributed by atoms with Crippen LogP contribution < -0.4 is 5.32 Å². The third-order valence-corrected chi connectivity index (χ3v) is 3.53. The van der Waals surface area contributed by atoms with Crippen molar-refractivity contribution in [3.8, 4) is 5.75 Å². The normalized spacial score (nSPS) is 10.4. The first-order valence-corrected chi connectivity index (χ1v) is 6.91. The molecule has 3 aromatic carbocycles. The summed E-state index contributed by atoms with van der Waals surface area (Å²) >= 11 is 0. The molecule has 23 heavy (non-hydrogen) atoms. The van der Waals surface area contributed by atoms with Crippen LogP contribution in [-0.4, -0.2) is 22.1 Å². The van der Waals surface area contributed by atoms with Crippen molar-refractivity contribution in [2.75, 3.05) is 5.32 Å². The van der Waals surface area contributed by atoms with Crippen molar-refractivity contribution in [3.63, 3.8) is 0 Å². The van der Waals surface area contributed by atoms with Gasteiger partial charge in [0.1, 0.15) is 11.3 Å². The lowest BCUT2D eigenvalue weighted by Crippen LogP contribution is -2.12. The number of benzene rings is 3. The second-order valence-corrected chi connectivity index (χ2v) is 5.02. The molecule has 0 aliphatic carbocycles. The van der Waals surface area contributed by atoms with E-state index in [2.05, 4.69) is 5.32 Å². The molecule has 3 aromatic rings. The number of nitrogens with one attached hydrogen (secondary N) is 1. The van der Waals surface area contributed by atoms with Gasteiger partial charge in [0, 0.05) is 16.6 Å². The van der Waals surface area contributed by atoms with E-state index in [4.69, 9.17) is 5.11 Å². The minimum Gasteiger partial charge on any atom is -0.507 e. The fraction of sp³-hybridized carbons (Fsp3) is 0. The van der Waals surface area contributed by atoms with Crippen LogP contribution in [-0.2, 0) is 0 Å². The van der Waals surface area contributed by atoms with Crippen molar-refractivity contribution in [3.05, 3.63) is 71.8 Å². The summed E-state index contributed by atoms with van der Waals surface area (Å²) in [4.78, 5) is 23.2. The SMILES string of the molecule is O=C(Nc1cccc2ccccc12)c1ccc(C(=O)O)c(O)c1. The van der Waals surface area contributed by atoms with Gasteiger partial charge in [-0.3, -0.25) is 4.79 Å². The van der Waals surface area contributed by atoms with Crippen LogP contribution in [0.3, 0.4) is 0 Å². The van der Waals surface area contributed by atoms with Gasteiger partial charge in [0.15, 0.2) is 0 Å². The molecule has 0 atom stereocenters. The summed E-state index contributed by atoms with van der Waals surface area (Å²) in [5.74, 6) is -2.11. The number of aromatic hydroxyl groups is 1. The third kappa shape index (κ3) is 2.85. The Hall–Kier alpha value is -3.34. The van der Waals surface area contributed by atoms with E-state index in [1.807, 2.05) is 36.4 Å². The lowest BCUT2D eigenvalue weighted by molar-refractivity contribution is 0.0693. The molecule has 0 saturated carbocycles. The van der Waals surface area contributed by atoms with Crippen LogP contribution in [0.15, 0.2) is 60.7 Å². The van der Waals surface area contributed by atoms with E-state index in [9.17, 15) is 14.7 Å². The minimum absolute atomic E-state index is 0.181. The summed E-state index contributed by atoms with van der Waals surface area (Å²) in [6, 6.07) is 16.9. The molecule has 0 aliphatic heterocycles. The zero-order valence-electron chi connectivity index (χ0n) is 12.0. The quantitative estimate of drug-likeness (QED) is 0.691. The molecule has 0 unspecified atom stereocenters. The molecule has 0 heterocycles. The summed E-state index contributed by atoms with van der Waals surface area (Å²) < 4.78 is 0. The number of anilines is 1. The lowest BCUT2D eigenvalue weighted by atomic mass is 10.1. The number of phenols is 1. The van der Waals surface area contributed by atoms with Crippen molar-refractivity contribution in [2.45, 2.75) is 0 Å². The van der Waals surface area contributed by atoms with Crippen LogP contribution in [0.1, 0.15) is 20.7 Å². The molecule has 0 saturated heterocycles. The second kappa shape index (κ2) is 5.81. The average Bonchev–Trinajstić information content (AvgIpc) is 2.54. The molecule has 3 rings (SSSR count). The summed E-state index contributed by atoms with van der Waals surface area (Å²) in [6.07, 6.45) is 0. The van der Waals surface area contributed by atoms with Crippen LogP contribution >= 0.6 is 0 Å². The van der Waals surface area contributed by atoms with Crippen molar-refractivity contribution >= 4 is 28.3 Å². The maximum Gasteiger partial charge on any atom is 0.339 e. The molecule has 5 nitrogen and oxygen atoms in total. The predicted molar refractivity (Wildman–Crippen MR) is 87.0 cm³/mol. The number of carbonyl (C=O) groups excluding carboxylic acids is 1. The van der Waals surface area contributed by atoms with Gasteiger partial charge in [-0.25, -0.2) is 4.79 Å². The first-order chi connectivity index (χ1) is 11.1. The fourth-order valence-corrected chi connectivity index (χ4v) is 2.38. The van der Waals surface area contributed by atoms with E-state index in [-0.39, 0.29) is 11.1 Å². The molecule has 0 aromatic heterocycles. The highest BCUT2D eigenvalue weighted by atomic mass is 16.4. The molecule has 0 spiro atoms. The van der Waals surface area contributed by atoms with Gasteiger partial charge < -0.3 is 15.5 Å². The smallest absolute Gasteiger partial charge is 0.339 e. The Kier molecular flexibility index (Phi) is 3.68. The van der Waals surface area contributed by atoms with Gasteiger partial charge in [-0.05, 0) is 29.7 Å². The van der Waals surface area contributed by atoms with E-state index in [0.29, 0.717) is 5.69 Å². The maximum atomic E-state index is 12.3. The monoisotopic (exact) mass is 307 g/mol. The number of carbonyl (C=O) groups is 2. The molecule has 5 heteroatoms. The van der Waals surface area contributed by atoms with Gasteiger partial charge >= 0.3 is 5.97 Å². The van der Waals surface area contributed by atoms with Gasteiger partial charge in [0.2, 0.25) is 0 Å². The first kappa shape index (κ1) is 14.6. The van der Waals surface area contributed by atoms with Crippen LogP contribution in [0.4, 0.5) is 5.69 Å². The number of rotatable bonds is 3. The number of hydrogen-bond donors (Lipinski definition) is 3. The zero-order chi connectivity index (χ0) is 16.4. The largest absolute Gasteiger partial charge is 0.507 e. The summed E-state index contributed by atoms with van der Waals surface area (Å²) in [7, 11) is 0. The zero-order valence-corrected chi connectivity index (χ0v) is 12.0. The van der Waals surface area contributed by atoms with E-state index in [1.54, 1.807) is 6.07 Å². The second-order valence-electron chi connectivity index (χ2n) is 5.02. The Morgan fingerprint density at radius 3 is 2.39 bits per heavy atom. The van der Waals surface area contributed by atoms with Crippen LogP contribution in [0.5, 0.6) is 5.75 Å². The number of hydrogen-bond acceptors (Lipinski definition) is 3. The molecule has 114 valence electrons. The highest BCUT2D eigenvalue weighted by Crippen LogP contribution is 2.24. The summed E-state index contributed by atoms with van der Waals surface area (Å²) in [5, 5.41) is 23.2. The number of carboxylic acids is 1. The number of carboxylic acid groups (broad SMARTS) is 1.